The Labute approximate surface area is 235 Å². The topological polar surface area (TPSA) is 117 Å². The molecule has 1 atom stereocenters. The van der Waals surface area contributed by atoms with E-state index in [1.807, 2.05) is 12.1 Å². The van der Waals surface area contributed by atoms with E-state index in [4.69, 9.17) is 20.2 Å². The normalized spacial score (nSPS) is 16.6. The van der Waals surface area contributed by atoms with Crippen molar-refractivity contribution < 1.29 is 14.3 Å². The second kappa shape index (κ2) is 11.3. The zero-order chi connectivity index (χ0) is 26.9. The lowest BCUT2D eigenvalue weighted by Gasteiger charge is -2.32. The van der Waals surface area contributed by atoms with Crippen LogP contribution in [0.5, 0.6) is 11.5 Å². The van der Waals surface area contributed by atoms with Crippen molar-refractivity contribution in [2.75, 3.05) is 12.5 Å². The van der Waals surface area contributed by atoms with Crippen LogP contribution in [-0.2, 0) is 11.3 Å². The molecule has 2 aliphatic rings. The molecule has 1 aliphatic heterocycles. The van der Waals surface area contributed by atoms with Gasteiger partial charge in [-0.1, -0.05) is 51.8 Å². The highest BCUT2D eigenvalue weighted by Gasteiger charge is 2.28. The molecule has 0 radical (unpaired) electrons. The van der Waals surface area contributed by atoms with Gasteiger partial charge in [0.15, 0.2) is 33.6 Å². The monoisotopic (exact) mass is 602 g/mol. The van der Waals surface area contributed by atoms with E-state index in [9.17, 15) is 4.79 Å². The summed E-state index contributed by atoms with van der Waals surface area (Å²) in [5, 5.41) is 4.16. The van der Waals surface area contributed by atoms with E-state index >= 15 is 0 Å². The standard InChI is InChI=1S/C27H35BrN6O3S/c1-27(2,3)13-22(35)32-18(16-7-5-4-6-8-16)9-10-34-25-23(24(29)30-14-31-25)33-26(34)38-21-12-20-19(11-17(21)28)36-15-37-20/h11-12,14,16,18H,4-10,13,15H2,1-3H3,(H,32,35)(H2,29,30,31). The molecule has 0 saturated heterocycles. The number of nitrogen functional groups attached to an aromatic ring is 1. The lowest BCUT2D eigenvalue weighted by Crippen LogP contribution is -2.42. The molecule has 1 unspecified atom stereocenters. The van der Waals surface area contributed by atoms with E-state index in [-0.39, 0.29) is 24.2 Å². The Hall–Kier alpha value is -2.53. The van der Waals surface area contributed by atoms with Gasteiger partial charge < -0.3 is 25.1 Å². The van der Waals surface area contributed by atoms with Crippen LogP contribution in [-0.4, -0.2) is 38.3 Å². The van der Waals surface area contributed by atoms with Crippen molar-refractivity contribution in [3.8, 4) is 11.5 Å². The SMILES string of the molecule is CC(C)(C)CC(=O)NC(CCn1c(Sc2cc3c(cc2Br)OCO3)nc2c(N)ncnc21)C1CCCCC1. The van der Waals surface area contributed by atoms with Crippen LogP contribution in [0.1, 0.15) is 65.7 Å². The van der Waals surface area contributed by atoms with E-state index in [0.29, 0.717) is 47.4 Å². The number of nitrogens with zero attached hydrogens (tertiary/aromatic N) is 4. The number of carbonyl (C=O) groups excluding carboxylic acids is 1. The van der Waals surface area contributed by atoms with Crippen LogP contribution < -0.4 is 20.5 Å². The number of rotatable bonds is 8. The maximum Gasteiger partial charge on any atom is 0.231 e. The van der Waals surface area contributed by atoms with Crippen molar-refractivity contribution in [1.82, 2.24) is 24.8 Å². The Kier molecular flexibility index (Phi) is 8.04. The molecule has 3 aromatic rings. The van der Waals surface area contributed by atoms with Crippen LogP contribution in [0.3, 0.4) is 0 Å². The van der Waals surface area contributed by atoms with Gasteiger partial charge in [-0.2, -0.15) is 0 Å². The summed E-state index contributed by atoms with van der Waals surface area (Å²) in [6.45, 7) is 7.16. The molecule has 3 N–H and O–H groups in total. The van der Waals surface area contributed by atoms with E-state index < -0.39 is 0 Å². The molecule has 3 heterocycles. The number of aryl methyl sites for hydroxylation is 1. The first-order valence-corrected chi connectivity index (χ1v) is 14.8. The summed E-state index contributed by atoms with van der Waals surface area (Å²) in [4.78, 5) is 27.4. The minimum absolute atomic E-state index is 0.0575. The van der Waals surface area contributed by atoms with Gasteiger partial charge in [-0.05, 0) is 58.7 Å². The summed E-state index contributed by atoms with van der Waals surface area (Å²) >= 11 is 5.17. The maximum atomic E-state index is 13.0. The van der Waals surface area contributed by atoms with Crippen LogP contribution in [0.15, 0.2) is 33.0 Å². The Morgan fingerprint density at radius 1 is 1.21 bits per heavy atom. The Morgan fingerprint density at radius 3 is 2.68 bits per heavy atom. The third kappa shape index (κ3) is 6.20. The molecule has 1 amide bonds. The van der Waals surface area contributed by atoms with Gasteiger partial charge in [0, 0.05) is 28.4 Å². The van der Waals surface area contributed by atoms with Crippen molar-refractivity contribution in [3.05, 3.63) is 22.9 Å². The molecule has 2 aromatic heterocycles. The van der Waals surface area contributed by atoms with Crippen molar-refractivity contribution in [2.45, 2.75) is 88.4 Å². The number of fused-ring (bicyclic) bond motifs is 2. The molecule has 5 rings (SSSR count). The third-order valence-electron chi connectivity index (χ3n) is 7.07. The first-order valence-electron chi connectivity index (χ1n) is 13.2. The zero-order valence-corrected chi connectivity index (χ0v) is 24.5. The molecule has 1 aliphatic carbocycles. The molecule has 38 heavy (non-hydrogen) atoms. The highest BCUT2D eigenvalue weighted by atomic mass is 79.9. The lowest BCUT2D eigenvalue weighted by molar-refractivity contribution is -0.124. The van der Waals surface area contributed by atoms with Gasteiger partial charge in [0.1, 0.15) is 6.33 Å². The van der Waals surface area contributed by atoms with E-state index in [2.05, 4.69) is 56.6 Å². The molecule has 0 bridgehead atoms. The summed E-state index contributed by atoms with van der Waals surface area (Å²) < 4.78 is 14.1. The smallest absolute Gasteiger partial charge is 0.231 e. The van der Waals surface area contributed by atoms with Gasteiger partial charge in [-0.3, -0.25) is 4.79 Å². The number of imidazole rings is 1. The average molecular weight is 604 g/mol. The summed E-state index contributed by atoms with van der Waals surface area (Å²) in [6, 6.07) is 3.96. The summed E-state index contributed by atoms with van der Waals surface area (Å²) in [7, 11) is 0. The molecule has 204 valence electrons. The molecule has 1 saturated carbocycles. The van der Waals surface area contributed by atoms with E-state index in [0.717, 1.165) is 33.8 Å². The number of amides is 1. The number of hydrogen-bond donors (Lipinski definition) is 2. The first kappa shape index (κ1) is 27.1. The quantitative estimate of drug-likeness (QED) is 0.325. The Bertz CT molecular complexity index is 1320. The van der Waals surface area contributed by atoms with Gasteiger partial charge in [0.05, 0.1) is 0 Å². The van der Waals surface area contributed by atoms with Crippen molar-refractivity contribution in [2.24, 2.45) is 11.3 Å². The highest BCUT2D eigenvalue weighted by Crippen LogP contribution is 2.43. The predicted molar refractivity (Wildman–Crippen MR) is 151 cm³/mol. The van der Waals surface area contributed by atoms with Crippen molar-refractivity contribution in [1.29, 1.82) is 0 Å². The highest BCUT2D eigenvalue weighted by molar-refractivity contribution is 9.10. The predicted octanol–water partition coefficient (Wildman–Crippen LogP) is 5.94. The number of carbonyl (C=O) groups is 1. The van der Waals surface area contributed by atoms with Gasteiger partial charge in [-0.25, -0.2) is 15.0 Å². The molecule has 9 nitrogen and oxygen atoms in total. The lowest BCUT2D eigenvalue weighted by atomic mass is 9.82. The van der Waals surface area contributed by atoms with Gasteiger partial charge in [-0.15, -0.1) is 0 Å². The largest absolute Gasteiger partial charge is 0.454 e. The van der Waals surface area contributed by atoms with Gasteiger partial charge in [0.25, 0.3) is 0 Å². The fourth-order valence-electron chi connectivity index (χ4n) is 5.26. The minimum atomic E-state index is -0.0575. The van der Waals surface area contributed by atoms with Crippen molar-refractivity contribution >= 4 is 50.6 Å². The fraction of sp³-hybridized carbons (Fsp3) is 0.556. The molecule has 1 aromatic carbocycles. The van der Waals surface area contributed by atoms with Crippen LogP contribution in [0.2, 0.25) is 0 Å². The van der Waals surface area contributed by atoms with E-state index in [1.54, 1.807) is 0 Å². The third-order valence-corrected chi connectivity index (χ3v) is 9.04. The van der Waals surface area contributed by atoms with Crippen LogP contribution in [0.25, 0.3) is 11.2 Å². The summed E-state index contributed by atoms with van der Waals surface area (Å²) in [5.74, 6) is 2.36. The maximum absolute atomic E-state index is 13.0. The second-order valence-corrected chi connectivity index (χ2v) is 13.2. The number of aromatic nitrogens is 4. The number of ether oxygens (including phenoxy) is 2. The Morgan fingerprint density at radius 2 is 1.95 bits per heavy atom. The molecule has 1 fully saturated rings. The number of hydrogen-bond acceptors (Lipinski definition) is 8. The summed E-state index contributed by atoms with van der Waals surface area (Å²) in [5.41, 5.74) is 7.41. The number of nitrogens with two attached hydrogens (primary N) is 1. The molecule has 11 heteroatoms. The number of benzene rings is 1. The minimum Gasteiger partial charge on any atom is -0.454 e. The molecule has 0 spiro atoms. The number of halogens is 1. The zero-order valence-electron chi connectivity index (χ0n) is 22.1. The number of nitrogens with one attached hydrogen (secondary N) is 1. The van der Waals surface area contributed by atoms with Crippen LogP contribution in [0.4, 0.5) is 5.82 Å². The number of anilines is 1. The van der Waals surface area contributed by atoms with Gasteiger partial charge >= 0.3 is 0 Å². The van der Waals surface area contributed by atoms with E-state index in [1.165, 1.54) is 37.4 Å². The first-order chi connectivity index (χ1) is 18.2. The van der Waals surface area contributed by atoms with Crippen LogP contribution >= 0.6 is 27.7 Å². The Balaban J connectivity index is 1.43. The van der Waals surface area contributed by atoms with Crippen LogP contribution in [0, 0.1) is 11.3 Å². The summed E-state index contributed by atoms with van der Waals surface area (Å²) in [6.07, 6.45) is 8.76. The second-order valence-electron chi connectivity index (χ2n) is 11.3. The van der Waals surface area contributed by atoms with Crippen molar-refractivity contribution in [3.63, 3.8) is 0 Å². The van der Waals surface area contributed by atoms with Gasteiger partial charge in [0.2, 0.25) is 12.7 Å². The molecular weight excluding hydrogens is 568 g/mol. The fourth-order valence-corrected chi connectivity index (χ4v) is 6.77. The average Bonchev–Trinajstić information content (AvgIpc) is 3.46. The molecular formula is C27H35BrN6O3S.